The average molecular weight is 244 g/mol. The van der Waals surface area contributed by atoms with Crippen molar-refractivity contribution in [2.24, 2.45) is 5.73 Å². The van der Waals surface area contributed by atoms with Crippen LogP contribution in [0.25, 0.3) is 0 Å². The van der Waals surface area contributed by atoms with Crippen LogP contribution in [0.15, 0.2) is 35.7 Å². The second-order valence-electron chi connectivity index (χ2n) is 3.83. The zero-order valence-electron chi connectivity index (χ0n) is 10.5. The van der Waals surface area contributed by atoms with Crippen LogP contribution in [0.3, 0.4) is 0 Å². The van der Waals surface area contributed by atoms with Crippen molar-refractivity contribution >= 4 is 11.6 Å². The molecule has 0 radical (unpaired) electrons. The van der Waals surface area contributed by atoms with E-state index in [-0.39, 0.29) is 0 Å². The zero-order chi connectivity index (χ0) is 12.7. The number of nitrogens with two attached hydrogens (primary N) is 1. The van der Waals surface area contributed by atoms with Gasteiger partial charge < -0.3 is 15.5 Å². The molecular weight excluding hydrogens is 222 g/mol. The van der Waals surface area contributed by atoms with E-state index >= 15 is 0 Å². The highest BCUT2D eigenvalue weighted by Crippen LogP contribution is 2.16. The van der Waals surface area contributed by atoms with Gasteiger partial charge >= 0.3 is 0 Å². The van der Waals surface area contributed by atoms with E-state index in [2.05, 4.69) is 32.0 Å². The first-order valence-corrected chi connectivity index (χ1v) is 5.66. The maximum Gasteiger partial charge on any atom is 0.0653 e. The summed E-state index contributed by atoms with van der Waals surface area (Å²) in [4.78, 5) is 4.23. The molecule has 0 aliphatic carbocycles. The molecular formula is C12H22ClN3. The van der Waals surface area contributed by atoms with Crippen molar-refractivity contribution in [3.05, 3.63) is 35.7 Å². The third-order valence-corrected chi connectivity index (χ3v) is 2.73. The van der Waals surface area contributed by atoms with Crippen molar-refractivity contribution in [3.63, 3.8) is 0 Å². The quantitative estimate of drug-likeness (QED) is 0.694. The van der Waals surface area contributed by atoms with Crippen LogP contribution in [0, 0.1) is 0 Å². The molecule has 0 aromatic carbocycles. The van der Waals surface area contributed by atoms with Crippen molar-refractivity contribution in [1.82, 2.24) is 9.80 Å². The van der Waals surface area contributed by atoms with Crippen molar-refractivity contribution in [3.8, 4) is 0 Å². The minimum atomic E-state index is 0.435. The highest BCUT2D eigenvalue weighted by atomic mass is 35.5. The lowest BCUT2D eigenvalue weighted by Gasteiger charge is -2.24. The molecule has 0 aromatic rings. The molecule has 0 heterocycles. The fourth-order valence-corrected chi connectivity index (χ4v) is 1.33. The molecule has 0 atom stereocenters. The molecule has 0 aromatic heterocycles. The Bertz CT molecular complexity index is 284. The first-order valence-electron chi connectivity index (χ1n) is 5.29. The summed E-state index contributed by atoms with van der Waals surface area (Å²) in [6.07, 6.45) is 1.62. The Morgan fingerprint density at radius 2 is 1.88 bits per heavy atom. The van der Waals surface area contributed by atoms with Crippen LogP contribution < -0.4 is 5.73 Å². The Morgan fingerprint density at radius 3 is 2.31 bits per heavy atom. The fourth-order valence-electron chi connectivity index (χ4n) is 1.04. The minimum absolute atomic E-state index is 0.435. The average Bonchev–Trinajstić information content (AvgIpc) is 2.23. The number of nitrogens with zero attached hydrogens (tertiary/aromatic N) is 2. The molecule has 16 heavy (non-hydrogen) atoms. The van der Waals surface area contributed by atoms with Crippen LogP contribution in [-0.4, -0.2) is 43.5 Å². The molecule has 3 nitrogen and oxygen atoms in total. The fraction of sp³-hybridized carbons (Fsp3) is 0.500. The van der Waals surface area contributed by atoms with E-state index in [4.69, 9.17) is 17.3 Å². The summed E-state index contributed by atoms with van der Waals surface area (Å²) in [6.45, 7) is 12.5. The summed E-state index contributed by atoms with van der Waals surface area (Å²) in [7, 11) is 4.04. The van der Waals surface area contributed by atoms with Crippen LogP contribution in [0.1, 0.15) is 6.92 Å². The Kier molecular flexibility index (Phi) is 6.93. The largest absolute Gasteiger partial charge is 0.399 e. The van der Waals surface area contributed by atoms with Crippen LogP contribution in [0.2, 0.25) is 0 Å². The molecule has 0 unspecified atom stereocenters. The van der Waals surface area contributed by atoms with Gasteiger partial charge in [-0.25, -0.2) is 0 Å². The maximum atomic E-state index is 6.04. The van der Waals surface area contributed by atoms with Gasteiger partial charge in [-0.1, -0.05) is 31.7 Å². The van der Waals surface area contributed by atoms with Crippen LogP contribution >= 0.6 is 11.6 Å². The smallest absolute Gasteiger partial charge is 0.0653 e. The Balaban J connectivity index is 4.23. The van der Waals surface area contributed by atoms with Crippen molar-refractivity contribution < 1.29 is 0 Å². The van der Waals surface area contributed by atoms with E-state index in [1.165, 1.54) is 0 Å². The van der Waals surface area contributed by atoms with E-state index in [1.807, 2.05) is 11.9 Å². The van der Waals surface area contributed by atoms with Gasteiger partial charge in [0, 0.05) is 31.5 Å². The van der Waals surface area contributed by atoms with E-state index in [1.54, 1.807) is 6.08 Å². The highest BCUT2D eigenvalue weighted by Gasteiger charge is 2.06. The molecule has 0 amide bonds. The number of rotatable bonds is 7. The Hall–Kier alpha value is -0.930. The molecule has 92 valence electrons. The van der Waals surface area contributed by atoms with Gasteiger partial charge in [0.1, 0.15) is 0 Å². The van der Waals surface area contributed by atoms with Crippen LogP contribution in [0.4, 0.5) is 0 Å². The van der Waals surface area contributed by atoms with Gasteiger partial charge in [0.25, 0.3) is 0 Å². The first kappa shape index (κ1) is 15.1. The third kappa shape index (κ3) is 5.83. The summed E-state index contributed by atoms with van der Waals surface area (Å²) < 4.78 is 0. The number of likely N-dealkylation sites (N-methyl/N-ethyl adjacent to an activating group) is 2. The van der Waals surface area contributed by atoms with Gasteiger partial charge in [0.15, 0.2) is 0 Å². The Labute approximate surface area is 104 Å². The van der Waals surface area contributed by atoms with Crippen molar-refractivity contribution in [2.45, 2.75) is 6.92 Å². The molecule has 0 saturated carbocycles. The summed E-state index contributed by atoms with van der Waals surface area (Å²) >= 11 is 6.04. The number of hydrogen-bond donors (Lipinski definition) is 1. The molecule has 2 N–H and O–H groups in total. The van der Waals surface area contributed by atoms with Gasteiger partial charge in [-0.05, 0) is 19.7 Å². The lowest BCUT2D eigenvalue weighted by atomic mass is 10.3. The van der Waals surface area contributed by atoms with Gasteiger partial charge in [-0.3, -0.25) is 0 Å². The van der Waals surface area contributed by atoms with E-state index in [0.717, 1.165) is 25.3 Å². The Morgan fingerprint density at radius 1 is 1.31 bits per heavy atom. The van der Waals surface area contributed by atoms with E-state index in [9.17, 15) is 0 Å². The van der Waals surface area contributed by atoms with Crippen LogP contribution in [0.5, 0.6) is 0 Å². The van der Waals surface area contributed by atoms with Gasteiger partial charge in [0.05, 0.1) is 5.03 Å². The molecule has 0 aliphatic rings. The number of hydrogen-bond acceptors (Lipinski definition) is 3. The molecule has 0 aliphatic heterocycles. The molecule has 0 bridgehead atoms. The topological polar surface area (TPSA) is 32.5 Å². The SMILES string of the molecule is C=C(N)/C=C(/Cl)C(=C)N(C)CCN(C)CC. The van der Waals surface area contributed by atoms with Crippen molar-refractivity contribution in [1.29, 1.82) is 0 Å². The van der Waals surface area contributed by atoms with E-state index < -0.39 is 0 Å². The molecule has 0 fully saturated rings. The lowest BCUT2D eigenvalue weighted by Crippen LogP contribution is -2.30. The second-order valence-corrected chi connectivity index (χ2v) is 4.24. The number of allylic oxidation sites excluding steroid dienone is 2. The molecule has 0 rings (SSSR count). The monoisotopic (exact) mass is 243 g/mol. The molecule has 0 spiro atoms. The predicted molar refractivity (Wildman–Crippen MR) is 72.2 cm³/mol. The summed E-state index contributed by atoms with van der Waals surface area (Å²) in [5.74, 6) is 0. The number of halogens is 1. The summed E-state index contributed by atoms with van der Waals surface area (Å²) in [5.41, 5.74) is 6.65. The second kappa shape index (κ2) is 7.36. The van der Waals surface area contributed by atoms with Gasteiger partial charge in [0.2, 0.25) is 0 Å². The normalized spacial score (nSPS) is 11.7. The molecule has 0 saturated heterocycles. The highest BCUT2D eigenvalue weighted by molar-refractivity contribution is 6.32. The summed E-state index contributed by atoms with van der Waals surface area (Å²) in [5, 5.41) is 0.536. The third-order valence-electron chi connectivity index (χ3n) is 2.41. The van der Waals surface area contributed by atoms with E-state index in [0.29, 0.717) is 10.7 Å². The minimum Gasteiger partial charge on any atom is -0.399 e. The predicted octanol–water partition coefficient (Wildman–Crippen LogP) is 1.98. The van der Waals surface area contributed by atoms with Crippen LogP contribution in [-0.2, 0) is 0 Å². The standard InChI is InChI=1S/C12H22ClN3/c1-6-15(4)7-8-16(5)11(3)12(13)9-10(2)14/h9H,2-3,6-8,14H2,1,4-5H3/b12-9+. The van der Waals surface area contributed by atoms with Gasteiger partial charge in [-0.2, -0.15) is 0 Å². The zero-order valence-corrected chi connectivity index (χ0v) is 11.2. The summed E-state index contributed by atoms with van der Waals surface area (Å²) in [6, 6.07) is 0. The molecule has 4 heteroatoms. The first-order chi connectivity index (χ1) is 7.38. The maximum absolute atomic E-state index is 6.04. The lowest BCUT2D eigenvalue weighted by molar-refractivity contribution is 0.300. The van der Waals surface area contributed by atoms with Gasteiger partial charge in [-0.15, -0.1) is 0 Å². The van der Waals surface area contributed by atoms with Crippen molar-refractivity contribution in [2.75, 3.05) is 33.7 Å².